The average Bonchev–Trinajstić information content (AvgIpc) is 2.92. The predicted molar refractivity (Wildman–Crippen MR) is 80.6 cm³/mol. The number of ketones is 1. The van der Waals surface area contributed by atoms with Gasteiger partial charge in [0.1, 0.15) is 5.82 Å². The van der Waals surface area contributed by atoms with Crippen molar-refractivity contribution in [2.75, 3.05) is 20.1 Å². The van der Waals surface area contributed by atoms with Gasteiger partial charge in [-0.25, -0.2) is 4.39 Å². The van der Waals surface area contributed by atoms with Crippen LogP contribution >= 0.6 is 11.3 Å². The topological polar surface area (TPSA) is 20.3 Å². The maximum absolute atomic E-state index is 13.5. The Labute approximate surface area is 122 Å². The van der Waals surface area contributed by atoms with Gasteiger partial charge in [0.05, 0.1) is 6.54 Å². The molecule has 0 unspecified atom stereocenters. The van der Waals surface area contributed by atoms with E-state index in [-0.39, 0.29) is 18.0 Å². The van der Waals surface area contributed by atoms with Gasteiger partial charge in [0, 0.05) is 17.8 Å². The Hall–Kier alpha value is -1.52. The molecule has 0 spiro atoms. The van der Waals surface area contributed by atoms with E-state index in [0.717, 1.165) is 13.0 Å². The average molecular weight is 291 g/mol. The Bertz CT molecular complexity index is 553. The number of carbonyl (C=O) groups excluding carboxylic acids is 1. The number of hydrogen-bond acceptors (Lipinski definition) is 3. The number of Topliss-reactive ketones (excluding diaryl/α,β-unsaturated/α-hetero) is 1. The Balaban J connectivity index is 1.78. The third-order valence-corrected chi connectivity index (χ3v) is 4.05. The minimum atomic E-state index is -0.304. The first-order valence-corrected chi connectivity index (χ1v) is 7.49. The molecule has 0 radical (unpaired) electrons. The Morgan fingerprint density at radius 1 is 1.25 bits per heavy atom. The SMILES string of the molecule is CN(CCc1cccs1)CC(=O)Cc1ccccc1F. The van der Waals surface area contributed by atoms with E-state index in [1.165, 1.54) is 10.9 Å². The van der Waals surface area contributed by atoms with E-state index in [2.05, 4.69) is 11.4 Å². The van der Waals surface area contributed by atoms with Gasteiger partial charge in [-0.05, 0) is 36.5 Å². The van der Waals surface area contributed by atoms with Crippen molar-refractivity contribution in [1.29, 1.82) is 0 Å². The van der Waals surface area contributed by atoms with Crippen LogP contribution in [0.2, 0.25) is 0 Å². The number of likely N-dealkylation sites (N-methyl/N-ethyl adjacent to an activating group) is 1. The third-order valence-electron chi connectivity index (χ3n) is 3.11. The maximum atomic E-state index is 13.5. The standard InChI is InChI=1S/C16H18FNOS/c1-18(9-8-15-6-4-10-20-15)12-14(19)11-13-5-2-3-7-16(13)17/h2-7,10H,8-9,11-12H2,1H3. The molecule has 1 aromatic carbocycles. The molecule has 2 rings (SSSR count). The van der Waals surface area contributed by atoms with Gasteiger partial charge in [-0.3, -0.25) is 9.69 Å². The number of thiophene rings is 1. The first-order valence-electron chi connectivity index (χ1n) is 6.61. The fraction of sp³-hybridized carbons (Fsp3) is 0.312. The molecule has 106 valence electrons. The Kier molecular flexibility index (Phi) is 5.44. The largest absolute Gasteiger partial charge is 0.299 e. The fourth-order valence-corrected chi connectivity index (χ4v) is 2.74. The van der Waals surface area contributed by atoms with E-state index in [1.807, 2.05) is 18.0 Å². The van der Waals surface area contributed by atoms with Crippen LogP contribution in [0.25, 0.3) is 0 Å². The molecule has 0 saturated heterocycles. The summed E-state index contributed by atoms with van der Waals surface area (Å²) < 4.78 is 13.5. The predicted octanol–water partition coefficient (Wildman–Crippen LogP) is 3.17. The molecule has 1 heterocycles. The van der Waals surface area contributed by atoms with Crippen LogP contribution in [-0.2, 0) is 17.6 Å². The maximum Gasteiger partial charge on any atom is 0.151 e. The lowest BCUT2D eigenvalue weighted by Crippen LogP contribution is -2.28. The van der Waals surface area contributed by atoms with E-state index in [4.69, 9.17) is 0 Å². The molecular formula is C16H18FNOS. The van der Waals surface area contributed by atoms with Crippen molar-refractivity contribution in [2.45, 2.75) is 12.8 Å². The second-order valence-electron chi connectivity index (χ2n) is 4.87. The minimum absolute atomic E-state index is 0.0452. The van der Waals surface area contributed by atoms with Crippen molar-refractivity contribution >= 4 is 17.1 Å². The zero-order chi connectivity index (χ0) is 14.4. The molecule has 0 fully saturated rings. The molecule has 0 amide bonds. The van der Waals surface area contributed by atoms with Gasteiger partial charge in [-0.2, -0.15) is 0 Å². The van der Waals surface area contributed by atoms with Crippen LogP contribution in [0.5, 0.6) is 0 Å². The number of hydrogen-bond donors (Lipinski definition) is 0. The van der Waals surface area contributed by atoms with Crippen LogP contribution in [0, 0.1) is 5.82 Å². The van der Waals surface area contributed by atoms with Crippen molar-refractivity contribution in [3.8, 4) is 0 Å². The van der Waals surface area contributed by atoms with Crippen molar-refractivity contribution < 1.29 is 9.18 Å². The van der Waals surface area contributed by atoms with Gasteiger partial charge < -0.3 is 0 Å². The van der Waals surface area contributed by atoms with Crippen LogP contribution in [0.15, 0.2) is 41.8 Å². The summed E-state index contributed by atoms with van der Waals surface area (Å²) in [4.78, 5) is 15.2. The summed E-state index contributed by atoms with van der Waals surface area (Å²) >= 11 is 1.73. The van der Waals surface area contributed by atoms with Crippen LogP contribution in [0.1, 0.15) is 10.4 Å². The number of rotatable bonds is 7. The lowest BCUT2D eigenvalue weighted by Gasteiger charge is -2.15. The van der Waals surface area contributed by atoms with Crippen LogP contribution in [0.3, 0.4) is 0 Å². The Morgan fingerprint density at radius 2 is 2.05 bits per heavy atom. The number of nitrogens with zero attached hydrogens (tertiary/aromatic N) is 1. The molecule has 0 aliphatic heterocycles. The Morgan fingerprint density at radius 3 is 2.75 bits per heavy atom. The molecule has 1 aromatic heterocycles. The second-order valence-corrected chi connectivity index (χ2v) is 5.91. The van der Waals surface area contributed by atoms with Crippen LogP contribution in [0.4, 0.5) is 4.39 Å². The van der Waals surface area contributed by atoms with Gasteiger partial charge in [0.15, 0.2) is 5.78 Å². The van der Waals surface area contributed by atoms with E-state index in [9.17, 15) is 9.18 Å². The lowest BCUT2D eigenvalue weighted by atomic mass is 10.1. The lowest BCUT2D eigenvalue weighted by molar-refractivity contribution is -0.119. The molecule has 0 atom stereocenters. The van der Waals surface area contributed by atoms with Gasteiger partial charge in [-0.1, -0.05) is 24.3 Å². The fourth-order valence-electron chi connectivity index (χ4n) is 2.05. The van der Waals surface area contributed by atoms with Gasteiger partial charge >= 0.3 is 0 Å². The monoisotopic (exact) mass is 291 g/mol. The zero-order valence-corrected chi connectivity index (χ0v) is 12.3. The van der Waals surface area contributed by atoms with E-state index in [1.54, 1.807) is 29.5 Å². The summed E-state index contributed by atoms with van der Waals surface area (Å²) in [6, 6.07) is 10.6. The molecule has 0 aliphatic rings. The summed E-state index contributed by atoms with van der Waals surface area (Å²) in [7, 11) is 1.92. The summed E-state index contributed by atoms with van der Waals surface area (Å²) in [6.45, 7) is 1.20. The van der Waals surface area contributed by atoms with E-state index >= 15 is 0 Å². The summed E-state index contributed by atoms with van der Waals surface area (Å²) in [5, 5.41) is 2.05. The molecule has 0 bridgehead atoms. The quantitative estimate of drug-likeness (QED) is 0.781. The zero-order valence-electron chi connectivity index (χ0n) is 11.5. The smallest absolute Gasteiger partial charge is 0.151 e. The highest BCUT2D eigenvalue weighted by molar-refractivity contribution is 7.09. The molecule has 0 saturated carbocycles. The van der Waals surface area contributed by atoms with Crippen LogP contribution < -0.4 is 0 Å². The van der Waals surface area contributed by atoms with Crippen molar-refractivity contribution in [1.82, 2.24) is 4.90 Å². The van der Waals surface area contributed by atoms with Gasteiger partial charge in [0.2, 0.25) is 0 Å². The highest BCUT2D eigenvalue weighted by Crippen LogP contribution is 2.10. The second kappa shape index (κ2) is 7.31. The summed E-state index contributed by atoms with van der Waals surface area (Å²) in [5.41, 5.74) is 0.476. The van der Waals surface area contributed by atoms with Crippen LogP contribution in [-0.4, -0.2) is 30.8 Å². The van der Waals surface area contributed by atoms with E-state index < -0.39 is 0 Å². The highest BCUT2D eigenvalue weighted by Gasteiger charge is 2.10. The summed E-state index contributed by atoms with van der Waals surface area (Å²) in [5.74, 6) is -0.258. The number of carbonyl (C=O) groups is 1. The molecule has 2 nitrogen and oxygen atoms in total. The third kappa shape index (κ3) is 4.54. The molecular weight excluding hydrogens is 273 g/mol. The van der Waals surface area contributed by atoms with Crippen molar-refractivity contribution in [2.24, 2.45) is 0 Å². The summed E-state index contributed by atoms with van der Waals surface area (Å²) in [6.07, 6.45) is 1.11. The van der Waals surface area contributed by atoms with Gasteiger partial charge in [0.25, 0.3) is 0 Å². The minimum Gasteiger partial charge on any atom is -0.299 e. The molecule has 0 aliphatic carbocycles. The highest BCUT2D eigenvalue weighted by atomic mass is 32.1. The molecule has 0 N–H and O–H groups in total. The van der Waals surface area contributed by atoms with Crippen molar-refractivity contribution in [3.63, 3.8) is 0 Å². The molecule has 4 heteroatoms. The number of halogens is 1. The molecule has 2 aromatic rings. The number of benzene rings is 1. The first kappa shape index (κ1) is 14.9. The van der Waals surface area contributed by atoms with Crippen molar-refractivity contribution in [3.05, 3.63) is 58.0 Å². The van der Waals surface area contributed by atoms with E-state index in [0.29, 0.717) is 12.1 Å². The van der Waals surface area contributed by atoms with Gasteiger partial charge in [-0.15, -0.1) is 11.3 Å². The normalized spacial score (nSPS) is 10.9. The first-order chi connectivity index (χ1) is 9.65. The molecule has 20 heavy (non-hydrogen) atoms.